The van der Waals surface area contributed by atoms with Crippen molar-refractivity contribution in [2.24, 2.45) is 0 Å². The van der Waals surface area contributed by atoms with E-state index in [1.807, 2.05) is 43.3 Å². The molecule has 1 unspecified atom stereocenters. The smallest absolute Gasteiger partial charge is 0.181 e. The number of carbonyl (C=O) groups is 1. The molecular weight excluding hydrogens is 284 g/mol. The first kappa shape index (κ1) is 11.6. The normalized spacial score (nSPS) is 12.4. The number of thiophene rings is 1. The number of Topliss-reactive ketones (excluding diaryl/α,β-unsaturated/α-hetero) is 1. The molecule has 0 aliphatic heterocycles. The van der Waals surface area contributed by atoms with E-state index in [-0.39, 0.29) is 10.6 Å². The maximum absolute atomic E-state index is 12.1. The largest absolute Gasteiger partial charge is 0.292 e. The summed E-state index contributed by atoms with van der Waals surface area (Å²) in [6.45, 7) is 2.03. The van der Waals surface area contributed by atoms with E-state index in [0.717, 1.165) is 10.4 Å². The first-order chi connectivity index (χ1) is 7.68. The van der Waals surface area contributed by atoms with E-state index in [9.17, 15) is 4.79 Å². The third-order valence-electron chi connectivity index (χ3n) is 2.29. The fraction of sp³-hybridized carbons (Fsp3) is 0.154. The van der Waals surface area contributed by atoms with Gasteiger partial charge in [0, 0.05) is 10.4 Å². The molecule has 0 aliphatic carbocycles. The maximum atomic E-state index is 12.1. The molecule has 3 heteroatoms. The molecule has 2 rings (SSSR count). The minimum atomic E-state index is -0.228. The highest BCUT2D eigenvalue weighted by Crippen LogP contribution is 2.31. The van der Waals surface area contributed by atoms with Gasteiger partial charge in [0.05, 0.1) is 0 Å². The fourth-order valence-corrected chi connectivity index (χ4v) is 3.05. The second-order valence-electron chi connectivity index (χ2n) is 3.62. The van der Waals surface area contributed by atoms with Crippen molar-refractivity contribution >= 4 is 33.0 Å². The molecule has 2 aromatic rings. The fourth-order valence-electron chi connectivity index (χ4n) is 1.46. The summed E-state index contributed by atoms with van der Waals surface area (Å²) in [5.74, 6) is 0.113. The molecule has 0 amide bonds. The van der Waals surface area contributed by atoms with Crippen LogP contribution in [0.2, 0.25) is 0 Å². The van der Waals surface area contributed by atoms with Crippen LogP contribution in [0.25, 0.3) is 0 Å². The van der Waals surface area contributed by atoms with E-state index in [0.29, 0.717) is 0 Å². The van der Waals surface area contributed by atoms with Crippen molar-refractivity contribution in [1.29, 1.82) is 0 Å². The van der Waals surface area contributed by atoms with E-state index < -0.39 is 0 Å². The Kier molecular flexibility index (Phi) is 3.56. The topological polar surface area (TPSA) is 17.1 Å². The molecule has 0 N–H and O–H groups in total. The van der Waals surface area contributed by atoms with Crippen LogP contribution in [0.5, 0.6) is 0 Å². The van der Waals surface area contributed by atoms with Crippen LogP contribution >= 0.6 is 27.3 Å². The van der Waals surface area contributed by atoms with E-state index in [4.69, 9.17) is 0 Å². The third kappa shape index (κ3) is 2.42. The predicted molar refractivity (Wildman–Crippen MR) is 71.5 cm³/mol. The monoisotopic (exact) mass is 294 g/mol. The summed E-state index contributed by atoms with van der Waals surface area (Å²) in [5.41, 5.74) is 1.95. The molecule has 0 saturated heterocycles. The Morgan fingerprint density at radius 3 is 2.56 bits per heavy atom. The van der Waals surface area contributed by atoms with Gasteiger partial charge in [0.1, 0.15) is 4.83 Å². The minimum absolute atomic E-state index is 0.113. The summed E-state index contributed by atoms with van der Waals surface area (Å²) in [6.07, 6.45) is 0. The van der Waals surface area contributed by atoms with Crippen LogP contribution in [-0.2, 0) is 0 Å². The van der Waals surface area contributed by atoms with Crippen molar-refractivity contribution in [2.45, 2.75) is 11.8 Å². The standard InChI is InChI=1S/C13H11BrOS/c1-9-7-11(16-8-9)12(14)13(15)10-5-3-2-4-6-10/h2-8,12H,1H3. The molecule has 1 atom stereocenters. The molecule has 1 heterocycles. The molecule has 16 heavy (non-hydrogen) atoms. The second kappa shape index (κ2) is 4.93. The quantitative estimate of drug-likeness (QED) is 0.607. The molecular formula is C13H11BrOS. The van der Waals surface area contributed by atoms with Gasteiger partial charge >= 0.3 is 0 Å². The lowest BCUT2D eigenvalue weighted by atomic mass is 10.1. The van der Waals surface area contributed by atoms with Gasteiger partial charge in [-0.05, 0) is 23.9 Å². The highest BCUT2D eigenvalue weighted by molar-refractivity contribution is 9.09. The average molecular weight is 295 g/mol. The molecule has 0 fully saturated rings. The first-order valence-electron chi connectivity index (χ1n) is 4.97. The van der Waals surface area contributed by atoms with Crippen molar-refractivity contribution in [1.82, 2.24) is 0 Å². The number of rotatable bonds is 3. The highest BCUT2D eigenvalue weighted by Gasteiger charge is 2.19. The van der Waals surface area contributed by atoms with Crippen LogP contribution in [0, 0.1) is 6.92 Å². The number of aryl methyl sites for hydroxylation is 1. The lowest BCUT2D eigenvalue weighted by Gasteiger charge is -2.06. The molecule has 1 aromatic carbocycles. The molecule has 0 bridgehead atoms. The highest BCUT2D eigenvalue weighted by atomic mass is 79.9. The van der Waals surface area contributed by atoms with Gasteiger partial charge < -0.3 is 0 Å². The summed E-state index contributed by atoms with van der Waals surface area (Å²) in [4.78, 5) is 12.9. The summed E-state index contributed by atoms with van der Waals surface area (Å²) < 4.78 is 0. The zero-order valence-electron chi connectivity index (χ0n) is 8.81. The SMILES string of the molecule is Cc1csc(C(Br)C(=O)c2ccccc2)c1. The van der Waals surface area contributed by atoms with Crippen LogP contribution in [0.3, 0.4) is 0 Å². The molecule has 0 aliphatic rings. The Hall–Kier alpha value is -0.930. The lowest BCUT2D eigenvalue weighted by molar-refractivity contribution is 0.0992. The summed E-state index contributed by atoms with van der Waals surface area (Å²) in [7, 11) is 0. The van der Waals surface area contributed by atoms with E-state index in [1.165, 1.54) is 5.56 Å². The number of halogens is 1. The van der Waals surface area contributed by atoms with Crippen molar-refractivity contribution in [3.8, 4) is 0 Å². The molecule has 0 radical (unpaired) electrons. The van der Waals surface area contributed by atoms with Crippen molar-refractivity contribution < 1.29 is 4.79 Å². The zero-order chi connectivity index (χ0) is 11.5. The summed E-state index contributed by atoms with van der Waals surface area (Å²) in [5, 5.41) is 2.06. The number of hydrogen-bond donors (Lipinski definition) is 0. The van der Waals surface area contributed by atoms with E-state index >= 15 is 0 Å². The number of ketones is 1. The zero-order valence-corrected chi connectivity index (χ0v) is 11.2. The lowest BCUT2D eigenvalue weighted by Crippen LogP contribution is -2.05. The van der Waals surface area contributed by atoms with Gasteiger partial charge in [0.25, 0.3) is 0 Å². The number of hydrogen-bond acceptors (Lipinski definition) is 2. The Labute approximate surface area is 107 Å². The Morgan fingerprint density at radius 1 is 1.31 bits per heavy atom. The van der Waals surface area contributed by atoms with Gasteiger partial charge in [-0.25, -0.2) is 0 Å². The predicted octanol–water partition coefficient (Wildman–Crippen LogP) is 4.38. The van der Waals surface area contributed by atoms with Crippen LogP contribution in [0.4, 0.5) is 0 Å². The van der Waals surface area contributed by atoms with Gasteiger partial charge in [0.15, 0.2) is 5.78 Å². The van der Waals surface area contributed by atoms with Gasteiger partial charge in [-0.1, -0.05) is 46.3 Å². The van der Waals surface area contributed by atoms with Gasteiger partial charge in [-0.15, -0.1) is 11.3 Å². The van der Waals surface area contributed by atoms with Crippen molar-refractivity contribution in [3.63, 3.8) is 0 Å². The van der Waals surface area contributed by atoms with Crippen LogP contribution in [0.1, 0.15) is 25.6 Å². The minimum Gasteiger partial charge on any atom is -0.292 e. The van der Waals surface area contributed by atoms with Crippen molar-refractivity contribution in [3.05, 3.63) is 57.8 Å². The number of alkyl halides is 1. The van der Waals surface area contributed by atoms with Gasteiger partial charge in [0.2, 0.25) is 0 Å². The molecule has 82 valence electrons. The average Bonchev–Trinajstić information content (AvgIpc) is 2.75. The van der Waals surface area contributed by atoms with Crippen molar-refractivity contribution in [2.75, 3.05) is 0 Å². The van der Waals surface area contributed by atoms with Crippen LogP contribution in [-0.4, -0.2) is 5.78 Å². The summed E-state index contributed by atoms with van der Waals surface area (Å²) >= 11 is 5.08. The molecule has 0 saturated carbocycles. The Bertz CT molecular complexity index is 490. The molecule has 1 nitrogen and oxygen atoms in total. The molecule has 0 spiro atoms. The number of carbonyl (C=O) groups excluding carboxylic acids is 1. The summed E-state index contributed by atoms with van der Waals surface area (Å²) in [6, 6.07) is 11.4. The maximum Gasteiger partial charge on any atom is 0.181 e. The number of benzene rings is 1. The third-order valence-corrected chi connectivity index (χ3v) is 4.62. The second-order valence-corrected chi connectivity index (χ2v) is 5.48. The van der Waals surface area contributed by atoms with Gasteiger partial charge in [-0.2, -0.15) is 0 Å². The van der Waals surface area contributed by atoms with E-state index in [2.05, 4.69) is 21.3 Å². The van der Waals surface area contributed by atoms with Crippen LogP contribution in [0.15, 0.2) is 41.8 Å². The first-order valence-corrected chi connectivity index (χ1v) is 6.76. The van der Waals surface area contributed by atoms with Crippen LogP contribution < -0.4 is 0 Å². The van der Waals surface area contributed by atoms with E-state index in [1.54, 1.807) is 11.3 Å². The Balaban J connectivity index is 2.23. The van der Waals surface area contributed by atoms with Gasteiger partial charge in [-0.3, -0.25) is 4.79 Å². The molecule has 1 aromatic heterocycles. The Morgan fingerprint density at radius 2 is 2.00 bits per heavy atom.